The molecule has 236 valence electrons. The summed E-state index contributed by atoms with van der Waals surface area (Å²) in [5.41, 5.74) is 0.711. The second-order valence-corrected chi connectivity index (χ2v) is 12.9. The molecule has 3 heterocycles. The molecule has 1 saturated heterocycles. The zero-order valence-corrected chi connectivity index (χ0v) is 28.3. The van der Waals surface area contributed by atoms with Crippen molar-refractivity contribution in [1.82, 2.24) is 19.6 Å². The van der Waals surface area contributed by atoms with Crippen LogP contribution in [0.3, 0.4) is 0 Å². The molecule has 2 aliphatic heterocycles. The summed E-state index contributed by atoms with van der Waals surface area (Å²) < 4.78 is 20.6. The molecule has 1 fully saturated rings. The maximum atomic E-state index is 13.3. The molecule has 3 amide bonds. The molecule has 2 aliphatic rings. The summed E-state index contributed by atoms with van der Waals surface area (Å²) in [5.74, 6) is -0.800. The van der Waals surface area contributed by atoms with E-state index in [1.54, 1.807) is 59.1 Å². The normalized spacial score (nSPS) is 18.2. The van der Waals surface area contributed by atoms with E-state index in [9.17, 15) is 19.2 Å². The molecule has 2 aromatic rings. The van der Waals surface area contributed by atoms with E-state index in [0.29, 0.717) is 15.9 Å². The van der Waals surface area contributed by atoms with Gasteiger partial charge in [0.25, 0.3) is 11.8 Å². The fourth-order valence-corrected chi connectivity index (χ4v) is 6.90. The maximum absolute atomic E-state index is 13.3. The molecule has 17 heteroatoms. The molecule has 14 nitrogen and oxygen atoms in total. The Kier molecular flexibility index (Phi) is 11.1. The number of fused-ring (bicyclic) bond motifs is 1. The largest absolute Gasteiger partial charge is 0.497 e. The number of alkyl halides is 1. The van der Waals surface area contributed by atoms with Gasteiger partial charge in [-0.15, -0.1) is 11.8 Å². The summed E-state index contributed by atoms with van der Waals surface area (Å²) >= 11 is 4.38. The van der Waals surface area contributed by atoms with Crippen molar-refractivity contribution in [3.63, 3.8) is 0 Å². The highest BCUT2D eigenvalue weighted by Crippen LogP contribution is 2.41. The first-order chi connectivity index (χ1) is 20.9. The van der Waals surface area contributed by atoms with Gasteiger partial charge in [-0.2, -0.15) is 9.36 Å². The molecule has 2 N–H and O–H groups in total. The van der Waals surface area contributed by atoms with E-state index in [4.69, 9.17) is 19.0 Å². The molecule has 1 aromatic heterocycles. The number of amides is 3. The lowest BCUT2D eigenvalue weighted by Gasteiger charge is -2.49. The maximum Gasteiger partial charge on any atom is 0.414 e. The summed E-state index contributed by atoms with van der Waals surface area (Å²) in [4.78, 5) is 62.6. The van der Waals surface area contributed by atoms with Crippen molar-refractivity contribution in [1.29, 1.82) is 0 Å². The number of carbonyl (C=O) groups is 4. The Balaban J connectivity index is 1.44. The molecule has 1 aromatic carbocycles. The zero-order valence-electron chi connectivity index (χ0n) is 24.5. The van der Waals surface area contributed by atoms with Gasteiger partial charge in [0, 0.05) is 21.7 Å². The number of thioether (sulfide) groups is 1. The van der Waals surface area contributed by atoms with E-state index in [1.807, 2.05) is 0 Å². The Labute approximate surface area is 275 Å². The van der Waals surface area contributed by atoms with Gasteiger partial charge in [0.05, 0.1) is 7.11 Å². The van der Waals surface area contributed by atoms with E-state index >= 15 is 0 Å². The highest BCUT2D eigenvalue weighted by Gasteiger charge is 2.54. The number of nitrogens with zero attached hydrogens (tertiary/aromatic N) is 4. The first-order valence-electron chi connectivity index (χ1n) is 13.3. The summed E-state index contributed by atoms with van der Waals surface area (Å²) in [7, 11) is 1.56. The van der Waals surface area contributed by atoms with Gasteiger partial charge in [-0.05, 0) is 51.0 Å². The molecule has 0 saturated carbocycles. The van der Waals surface area contributed by atoms with Crippen LogP contribution in [-0.2, 0) is 35.3 Å². The number of nitrogens with one attached hydrogen (secondary N) is 2. The third-order valence-electron chi connectivity index (χ3n) is 5.96. The molecule has 0 spiro atoms. The van der Waals surface area contributed by atoms with Crippen molar-refractivity contribution in [3.05, 3.63) is 46.9 Å². The van der Waals surface area contributed by atoms with Crippen LogP contribution in [0.15, 0.2) is 40.7 Å². The van der Waals surface area contributed by atoms with Crippen LogP contribution in [0.4, 0.5) is 9.93 Å². The fourth-order valence-electron chi connectivity index (χ4n) is 4.00. The first kappa shape index (κ1) is 33.4. The molecule has 4 rings (SSSR count). The van der Waals surface area contributed by atoms with Crippen molar-refractivity contribution in [2.45, 2.75) is 51.3 Å². The second-order valence-electron chi connectivity index (χ2n) is 10.3. The number of ether oxygens (including phenoxy) is 3. The molecule has 2 atom stereocenters. The van der Waals surface area contributed by atoms with Crippen LogP contribution in [0.25, 0.3) is 0 Å². The minimum Gasteiger partial charge on any atom is -0.497 e. The van der Waals surface area contributed by atoms with E-state index in [2.05, 4.69) is 47.7 Å². The number of aromatic nitrogens is 2. The Morgan fingerprint density at radius 1 is 1.20 bits per heavy atom. The van der Waals surface area contributed by atoms with E-state index in [-0.39, 0.29) is 35.6 Å². The first-order valence-corrected chi connectivity index (χ1v) is 16.7. The molecular formula is C27H31IN6O8S2. The minimum absolute atomic E-state index is 0.0174. The highest BCUT2D eigenvalue weighted by atomic mass is 127. The quantitative estimate of drug-likeness (QED) is 0.0860. The molecule has 0 bridgehead atoms. The number of anilines is 1. The number of oxime groups is 1. The average Bonchev–Trinajstić information content (AvgIpc) is 3.44. The number of benzene rings is 1. The number of halogens is 1. The summed E-state index contributed by atoms with van der Waals surface area (Å²) in [6.45, 7) is 7.01. The van der Waals surface area contributed by atoms with E-state index in [0.717, 1.165) is 22.7 Å². The Morgan fingerprint density at radius 3 is 2.57 bits per heavy atom. The number of rotatable bonds is 11. The third-order valence-corrected chi connectivity index (χ3v) is 8.85. The molecule has 2 unspecified atom stereocenters. The number of esters is 1. The van der Waals surface area contributed by atoms with Gasteiger partial charge in [0.2, 0.25) is 16.7 Å². The van der Waals surface area contributed by atoms with Crippen molar-refractivity contribution in [2.24, 2.45) is 5.16 Å². The van der Waals surface area contributed by atoms with Crippen molar-refractivity contribution in [3.8, 4) is 5.75 Å². The number of methoxy groups -OCH3 is 1. The Bertz CT molecular complexity index is 1470. The molecular weight excluding hydrogens is 727 g/mol. The highest BCUT2D eigenvalue weighted by molar-refractivity contribution is 14.1. The molecule has 0 aliphatic carbocycles. The Morgan fingerprint density at radius 2 is 1.93 bits per heavy atom. The summed E-state index contributed by atoms with van der Waals surface area (Å²) in [5, 5.41) is 8.54. The molecule has 44 heavy (non-hydrogen) atoms. The lowest BCUT2D eigenvalue weighted by atomic mass is 10.0. The van der Waals surface area contributed by atoms with Crippen LogP contribution < -0.4 is 15.4 Å². The monoisotopic (exact) mass is 758 g/mol. The van der Waals surface area contributed by atoms with Crippen molar-refractivity contribution >= 4 is 80.6 Å². The standard InChI is InChI=1S/C27H31IN6O8S2/c1-6-41-32-17(20-30-25(44-33-20)31-26(38)42-27(2,3)4)21(35)29-18-22(36)34-19(15(11-28)13-43-23(18)34)24(37)40-12-14-7-9-16(39-5)10-8-14/h7-10,18,23H,6,11-13H2,1-5H3,(H,29,35)(H,30,31,33,38)/b32-17-. The number of hydrogen-bond acceptors (Lipinski definition) is 13. The van der Waals surface area contributed by atoms with Gasteiger partial charge in [-0.3, -0.25) is 19.8 Å². The summed E-state index contributed by atoms with van der Waals surface area (Å²) in [6, 6.07) is 6.16. The van der Waals surface area contributed by atoms with Crippen LogP contribution in [0, 0.1) is 0 Å². The van der Waals surface area contributed by atoms with Gasteiger partial charge in [-0.25, -0.2) is 9.59 Å². The SMILES string of the molecule is CCO/N=C(\C(=O)NC1C(=O)N2C(C(=O)OCc3ccc(OC)cc3)=C(CI)CSC12)c1nsc(NC(=O)OC(C)(C)C)n1. The van der Waals surface area contributed by atoms with Crippen molar-refractivity contribution < 1.29 is 38.2 Å². The Hall–Kier alpha value is -3.45. The lowest BCUT2D eigenvalue weighted by Crippen LogP contribution is -2.71. The smallest absolute Gasteiger partial charge is 0.414 e. The topological polar surface area (TPSA) is 171 Å². The second kappa shape index (κ2) is 14.6. The third kappa shape index (κ3) is 7.98. The van der Waals surface area contributed by atoms with Crippen LogP contribution in [0.1, 0.15) is 39.1 Å². The van der Waals surface area contributed by atoms with Gasteiger partial charge in [-0.1, -0.05) is 39.9 Å². The fraction of sp³-hybridized carbons (Fsp3) is 0.444. The number of β-lactam (4-membered cyclic amide) rings is 1. The number of carbonyl (C=O) groups excluding carboxylic acids is 4. The number of hydrogen-bond donors (Lipinski definition) is 2. The van der Waals surface area contributed by atoms with Crippen LogP contribution in [-0.4, -0.2) is 84.8 Å². The average molecular weight is 759 g/mol. The zero-order chi connectivity index (χ0) is 32.0. The van der Waals surface area contributed by atoms with Crippen LogP contribution in [0.2, 0.25) is 0 Å². The van der Waals surface area contributed by atoms with Crippen molar-refractivity contribution in [2.75, 3.05) is 29.2 Å². The predicted molar refractivity (Wildman–Crippen MR) is 172 cm³/mol. The van der Waals surface area contributed by atoms with E-state index < -0.39 is 40.9 Å². The predicted octanol–water partition coefficient (Wildman–Crippen LogP) is 3.47. The molecule has 0 radical (unpaired) electrons. The lowest BCUT2D eigenvalue weighted by molar-refractivity contribution is -0.153. The summed E-state index contributed by atoms with van der Waals surface area (Å²) in [6.07, 6.45) is -0.736. The van der Waals surface area contributed by atoms with E-state index in [1.165, 1.54) is 16.7 Å². The minimum atomic E-state index is -0.947. The van der Waals surface area contributed by atoms with Gasteiger partial charge in [0.1, 0.15) is 41.7 Å². The van der Waals surface area contributed by atoms with Gasteiger partial charge in [0.15, 0.2) is 0 Å². The van der Waals surface area contributed by atoms with Crippen LogP contribution in [0.5, 0.6) is 5.75 Å². The van der Waals surface area contributed by atoms with Gasteiger partial charge < -0.3 is 24.4 Å². The van der Waals surface area contributed by atoms with Crippen LogP contribution >= 0.6 is 45.9 Å². The van der Waals surface area contributed by atoms with Gasteiger partial charge >= 0.3 is 12.1 Å².